The first kappa shape index (κ1) is 17.0. The van der Waals surface area contributed by atoms with Crippen LogP contribution in [0.1, 0.15) is 5.56 Å². The van der Waals surface area contributed by atoms with E-state index < -0.39 is 0 Å². The third-order valence-corrected chi connectivity index (χ3v) is 4.97. The van der Waals surface area contributed by atoms with Crippen molar-refractivity contribution in [2.24, 2.45) is 0 Å². The zero-order valence-corrected chi connectivity index (χ0v) is 15.3. The lowest BCUT2D eigenvalue weighted by atomic mass is 10.1. The van der Waals surface area contributed by atoms with Gasteiger partial charge in [-0.2, -0.15) is 0 Å². The Labute approximate surface area is 157 Å². The number of benzene rings is 3. The lowest BCUT2D eigenvalue weighted by molar-refractivity contribution is -0.118. The number of carbonyl (C=O) groups excluding carboxylic acids is 1. The monoisotopic (exact) mass is 356 g/mol. The molecule has 4 aromatic rings. The van der Waals surface area contributed by atoms with Gasteiger partial charge in [0.15, 0.2) is 5.43 Å². The summed E-state index contributed by atoms with van der Waals surface area (Å²) in [7, 11) is 1.78. The van der Waals surface area contributed by atoms with Gasteiger partial charge in [0.2, 0.25) is 5.91 Å². The van der Waals surface area contributed by atoms with Gasteiger partial charge in [0, 0.05) is 23.5 Å². The van der Waals surface area contributed by atoms with Gasteiger partial charge in [0.25, 0.3) is 0 Å². The van der Waals surface area contributed by atoms with Gasteiger partial charge in [-0.15, -0.1) is 0 Å². The third-order valence-electron chi connectivity index (χ3n) is 4.97. The second-order valence-electron chi connectivity index (χ2n) is 6.74. The second kappa shape index (κ2) is 6.72. The van der Waals surface area contributed by atoms with Crippen LogP contribution in [0.4, 0.5) is 5.69 Å². The molecule has 0 N–H and O–H groups in total. The SMILES string of the molecule is Cc1ccc(N(C)C(=O)Cn2c3ccccc3c(=O)c3ccccc32)cc1. The van der Waals surface area contributed by atoms with E-state index in [2.05, 4.69) is 0 Å². The maximum absolute atomic E-state index is 13.0. The van der Waals surface area contributed by atoms with Gasteiger partial charge < -0.3 is 9.47 Å². The zero-order valence-electron chi connectivity index (χ0n) is 15.3. The molecule has 134 valence electrons. The zero-order chi connectivity index (χ0) is 19.0. The fraction of sp³-hybridized carbons (Fsp3) is 0.130. The Bertz CT molecular complexity index is 1150. The van der Waals surface area contributed by atoms with Gasteiger partial charge >= 0.3 is 0 Å². The maximum Gasteiger partial charge on any atom is 0.246 e. The third kappa shape index (κ3) is 2.99. The van der Waals surface area contributed by atoms with Crippen molar-refractivity contribution in [1.82, 2.24) is 4.57 Å². The number of pyridine rings is 1. The second-order valence-corrected chi connectivity index (χ2v) is 6.74. The number of amides is 1. The Balaban J connectivity index is 1.83. The summed E-state index contributed by atoms with van der Waals surface area (Å²) in [4.78, 5) is 27.5. The molecule has 0 bridgehead atoms. The molecule has 1 heterocycles. The molecular weight excluding hydrogens is 336 g/mol. The molecule has 0 radical (unpaired) electrons. The van der Waals surface area contributed by atoms with E-state index in [1.54, 1.807) is 11.9 Å². The number of anilines is 1. The number of rotatable bonds is 3. The highest BCUT2D eigenvalue weighted by molar-refractivity contribution is 5.98. The first-order valence-electron chi connectivity index (χ1n) is 8.90. The van der Waals surface area contributed by atoms with Crippen molar-refractivity contribution < 1.29 is 4.79 Å². The standard InChI is InChI=1S/C23H20N2O2/c1-16-11-13-17(14-12-16)24(2)22(26)15-25-20-9-5-3-7-18(20)23(27)19-8-4-6-10-21(19)25/h3-14H,15H2,1-2H3. The number of hydrogen-bond acceptors (Lipinski definition) is 2. The number of aryl methyl sites for hydroxylation is 1. The number of aromatic nitrogens is 1. The van der Waals surface area contributed by atoms with E-state index in [0.29, 0.717) is 10.8 Å². The molecule has 4 nitrogen and oxygen atoms in total. The largest absolute Gasteiger partial charge is 0.331 e. The van der Waals surface area contributed by atoms with E-state index in [1.165, 1.54) is 0 Å². The Morgan fingerprint density at radius 2 is 1.37 bits per heavy atom. The first-order chi connectivity index (χ1) is 13.1. The fourth-order valence-electron chi connectivity index (χ4n) is 3.40. The summed E-state index contributed by atoms with van der Waals surface area (Å²) in [5.41, 5.74) is 3.53. The highest BCUT2D eigenvalue weighted by atomic mass is 16.2. The highest BCUT2D eigenvalue weighted by Crippen LogP contribution is 2.20. The van der Waals surface area contributed by atoms with Gasteiger partial charge in [-0.1, -0.05) is 42.0 Å². The number of carbonyl (C=O) groups is 1. The summed E-state index contributed by atoms with van der Waals surface area (Å²) in [5, 5.41) is 1.25. The van der Waals surface area contributed by atoms with E-state index in [4.69, 9.17) is 0 Å². The van der Waals surface area contributed by atoms with E-state index in [0.717, 1.165) is 22.3 Å². The van der Waals surface area contributed by atoms with Crippen LogP contribution in [0.2, 0.25) is 0 Å². The lowest BCUT2D eigenvalue weighted by Gasteiger charge is -2.20. The van der Waals surface area contributed by atoms with Crippen molar-refractivity contribution in [2.45, 2.75) is 13.5 Å². The van der Waals surface area contributed by atoms with Crippen molar-refractivity contribution >= 4 is 33.4 Å². The van der Waals surface area contributed by atoms with Gasteiger partial charge in [-0.05, 0) is 43.3 Å². The molecule has 0 saturated heterocycles. The van der Waals surface area contributed by atoms with Crippen LogP contribution in [0.5, 0.6) is 0 Å². The number of hydrogen-bond donors (Lipinski definition) is 0. The van der Waals surface area contributed by atoms with Crippen molar-refractivity contribution in [2.75, 3.05) is 11.9 Å². The molecule has 1 amide bonds. The van der Waals surface area contributed by atoms with Crippen LogP contribution < -0.4 is 10.3 Å². The molecular formula is C23H20N2O2. The van der Waals surface area contributed by atoms with Crippen molar-refractivity contribution in [3.8, 4) is 0 Å². The van der Waals surface area contributed by atoms with Gasteiger partial charge in [0.05, 0.1) is 11.0 Å². The summed E-state index contributed by atoms with van der Waals surface area (Å²) in [6.07, 6.45) is 0. The summed E-state index contributed by atoms with van der Waals surface area (Å²) in [6.45, 7) is 2.18. The van der Waals surface area contributed by atoms with Gasteiger partial charge in [-0.25, -0.2) is 0 Å². The van der Waals surface area contributed by atoms with Crippen molar-refractivity contribution in [1.29, 1.82) is 0 Å². The molecule has 3 aromatic carbocycles. The van der Waals surface area contributed by atoms with Crippen LogP contribution in [0.25, 0.3) is 21.8 Å². The molecule has 0 fully saturated rings. The highest BCUT2D eigenvalue weighted by Gasteiger charge is 2.16. The van der Waals surface area contributed by atoms with Crippen molar-refractivity contribution in [3.05, 3.63) is 88.6 Å². The van der Waals surface area contributed by atoms with Crippen LogP contribution in [-0.2, 0) is 11.3 Å². The predicted octanol–water partition coefficient (Wildman–Crippen LogP) is 4.13. The Morgan fingerprint density at radius 3 is 1.93 bits per heavy atom. The van der Waals surface area contributed by atoms with Crippen molar-refractivity contribution in [3.63, 3.8) is 0 Å². The van der Waals surface area contributed by atoms with Crippen LogP contribution in [0.15, 0.2) is 77.6 Å². The molecule has 4 heteroatoms. The quantitative estimate of drug-likeness (QED) is 0.518. The normalized spacial score (nSPS) is 11.0. The van der Waals surface area contributed by atoms with Crippen LogP contribution in [-0.4, -0.2) is 17.5 Å². The van der Waals surface area contributed by atoms with E-state index >= 15 is 0 Å². The fourth-order valence-corrected chi connectivity index (χ4v) is 3.40. The van der Waals surface area contributed by atoms with Crippen LogP contribution in [0.3, 0.4) is 0 Å². The Kier molecular flexibility index (Phi) is 4.24. The average molecular weight is 356 g/mol. The molecule has 4 rings (SSSR count). The number of likely N-dealkylation sites (N-methyl/N-ethyl adjacent to an activating group) is 1. The minimum Gasteiger partial charge on any atom is -0.331 e. The molecule has 0 aliphatic rings. The van der Waals surface area contributed by atoms with E-state index in [9.17, 15) is 9.59 Å². The number of fused-ring (bicyclic) bond motifs is 2. The molecule has 0 atom stereocenters. The lowest BCUT2D eigenvalue weighted by Crippen LogP contribution is -2.30. The molecule has 0 saturated carbocycles. The van der Waals surface area contributed by atoms with Gasteiger partial charge in [0.1, 0.15) is 6.54 Å². The molecule has 1 aromatic heterocycles. The Hall–Kier alpha value is -3.40. The minimum absolute atomic E-state index is 0.00297. The molecule has 0 unspecified atom stereocenters. The first-order valence-corrected chi connectivity index (χ1v) is 8.90. The number of nitrogens with zero attached hydrogens (tertiary/aromatic N) is 2. The Morgan fingerprint density at radius 1 is 0.852 bits per heavy atom. The molecule has 0 spiro atoms. The molecule has 0 aliphatic heterocycles. The van der Waals surface area contributed by atoms with Gasteiger partial charge in [-0.3, -0.25) is 9.59 Å². The van der Waals surface area contributed by atoms with E-state index in [1.807, 2.05) is 84.3 Å². The summed E-state index contributed by atoms with van der Waals surface area (Å²) >= 11 is 0. The molecule has 27 heavy (non-hydrogen) atoms. The topological polar surface area (TPSA) is 42.3 Å². The van der Waals surface area contributed by atoms with Crippen LogP contribution in [0, 0.1) is 6.92 Å². The predicted molar refractivity (Wildman–Crippen MR) is 110 cm³/mol. The molecule has 0 aliphatic carbocycles. The van der Waals surface area contributed by atoms with E-state index in [-0.39, 0.29) is 17.9 Å². The minimum atomic E-state index is -0.0437. The summed E-state index contributed by atoms with van der Waals surface area (Å²) < 4.78 is 1.93. The average Bonchev–Trinajstić information content (AvgIpc) is 2.71. The number of para-hydroxylation sites is 2. The van der Waals surface area contributed by atoms with Crippen LogP contribution >= 0.6 is 0 Å². The summed E-state index contributed by atoms with van der Waals surface area (Å²) in [5.74, 6) is -0.0437. The smallest absolute Gasteiger partial charge is 0.246 e. The summed E-state index contributed by atoms with van der Waals surface area (Å²) in [6, 6.07) is 22.7. The maximum atomic E-state index is 13.0.